The molecule has 1 N–H and O–H groups in total. The maximum absolute atomic E-state index is 6.94. The fraction of sp³-hybridized carbons (Fsp3) is 0.444. The summed E-state index contributed by atoms with van der Waals surface area (Å²) in [5.74, 6) is 0. The zero-order valence-corrected chi connectivity index (χ0v) is 18.9. The van der Waals surface area contributed by atoms with E-state index >= 15 is 0 Å². The first-order valence-electron chi connectivity index (χ1n) is 7.33. The second kappa shape index (κ2) is 12.5. The Hall–Kier alpha value is 0.171. The Labute approximate surface area is 170 Å². The third-order valence-corrected chi connectivity index (χ3v) is 10.2. The van der Waals surface area contributed by atoms with Crippen LogP contribution in [0.5, 0.6) is 0 Å². The SMILES string of the molecule is CC(C)(C)[Si](C)(C)C1=CC=CC1.[Cl-].[Cl-].[NH-]Cc1ccccc1.[Ti+3]. The Morgan fingerprint density at radius 3 is 1.87 bits per heavy atom. The summed E-state index contributed by atoms with van der Waals surface area (Å²) >= 11 is 0. The van der Waals surface area contributed by atoms with Crippen molar-refractivity contribution in [3.63, 3.8) is 0 Å². The van der Waals surface area contributed by atoms with Crippen molar-refractivity contribution in [1.82, 2.24) is 0 Å². The van der Waals surface area contributed by atoms with Gasteiger partial charge in [-0.1, -0.05) is 93.2 Å². The van der Waals surface area contributed by atoms with Crippen molar-refractivity contribution in [3.05, 3.63) is 65.1 Å². The summed E-state index contributed by atoms with van der Waals surface area (Å²) in [6.07, 6.45) is 8.01. The van der Waals surface area contributed by atoms with Gasteiger partial charge in [0.25, 0.3) is 0 Å². The molecule has 0 unspecified atom stereocenters. The summed E-state index contributed by atoms with van der Waals surface area (Å²) in [5, 5.41) is 2.19. The number of allylic oxidation sites excluding steroid dienone is 4. The van der Waals surface area contributed by atoms with Crippen molar-refractivity contribution >= 4 is 8.07 Å². The molecule has 0 saturated carbocycles. The first-order valence-corrected chi connectivity index (χ1v) is 10.3. The first-order chi connectivity index (χ1) is 9.29. The number of hydrogen-bond acceptors (Lipinski definition) is 0. The van der Waals surface area contributed by atoms with Gasteiger partial charge in [-0.05, 0) is 11.5 Å². The number of nitrogens with one attached hydrogen (secondary N) is 1. The predicted octanol–water partition coefficient (Wildman–Crippen LogP) is 0.165. The smallest absolute Gasteiger partial charge is 1.00 e. The monoisotopic (exact) mass is 404 g/mol. The van der Waals surface area contributed by atoms with E-state index in [1.807, 2.05) is 30.3 Å². The second-order valence-corrected chi connectivity index (χ2v) is 12.3. The predicted molar refractivity (Wildman–Crippen MR) is 93.5 cm³/mol. The van der Waals surface area contributed by atoms with E-state index in [0.29, 0.717) is 11.6 Å². The molecule has 0 amide bonds. The third-order valence-electron chi connectivity index (χ3n) is 4.50. The van der Waals surface area contributed by atoms with Gasteiger partial charge < -0.3 is 30.5 Å². The maximum atomic E-state index is 6.94. The fourth-order valence-electron chi connectivity index (χ4n) is 1.99. The molecule has 1 nitrogen and oxygen atoms in total. The summed E-state index contributed by atoms with van der Waals surface area (Å²) < 4.78 is 0. The maximum Gasteiger partial charge on any atom is 3.00 e. The van der Waals surface area contributed by atoms with Crippen LogP contribution >= 0.6 is 0 Å². The van der Waals surface area contributed by atoms with Gasteiger partial charge in [0.2, 0.25) is 0 Å². The normalized spacial score (nSPS) is 12.7. The van der Waals surface area contributed by atoms with E-state index in [9.17, 15) is 0 Å². The van der Waals surface area contributed by atoms with Crippen molar-refractivity contribution in [3.8, 4) is 0 Å². The van der Waals surface area contributed by atoms with Crippen LogP contribution in [0.4, 0.5) is 0 Å². The largest absolute Gasteiger partial charge is 3.00 e. The van der Waals surface area contributed by atoms with Crippen molar-refractivity contribution < 1.29 is 46.5 Å². The molecule has 23 heavy (non-hydrogen) atoms. The van der Waals surface area contributed by atoms with Gasteiger partial charge in [0.05, 0.1) is 8.07 Å². The molecule has 1 radical (unpaired) electrons. The molecule has 5 heteroatoms. The Morgan fingerprint density at radius 2 is 1.57 bits per heavy atom. The quantitative estimate of drug-likeness (QED) is 0.627. The van der Waals surface area contributed by atoms with Gasteiger partial charge in [0, 0.05) is 0 Å². The molecule has 0 saturated heterocycles. The summed E-state index contributed by atoms with van der Waals surface area (Å²) in [5.41, 5.74) is 8.02. The van der Waals surface area contributed by atoms with E-state index in [1.165, 1.54) is 6.42 Å². The molecule has 0 spiro atoms. The molecule has 0 heterocycles. The molecule has 1 aromatic rings. The molecular weight excluding hydrogens is 377 g/mol. The molecule has 0 fully saturated rings. The van der Waals surface area contributed by atoms with Gasteiger partial charge in [-0.3, -0.25) is 0 Å². The van der Waals surface area contributed by atoms with Crippen LogP contribution in [-0.4, -0.2) is 8.07 Å². The van der Waals surface area contributed by atoms with Gasteiger partial charge >= 0.3 is 21.7 Å². The van der Waals surface area contributed by atoms with Crippen LogP contribution in [0.2, 0.25) is 18.1 Å². The van der Waals surface area contributed by atoms with E-state index in [0.717, 1.165) is 5.56 Å². The summed E-state index contributed by atoms with van der Waals surface area (Å²) in [4.78, 5) is 0. The Balaban J connectivity index is -0.000000325. The van der Waals surface area contributed by atoms with Gasteiger partial charge in [0.1, 0.15) is 0 Å². The Kier molecular flexibility index (Phi) is 15.2. The Bertz CT molecular complexity index is 480. The summed E-state index contributed by atoms with van der Waals surface area (Å²) in [7, 11) is -1.17. The molecule has 1 aliphatic rings. The fourth-order valence-corrected chi connectivity index (χ4v) is 4.09. The molecule has 0 aliphatic heterocycles. The van der Waals surface area contributed by atoms with E-state index in [-0.39, 0.29) is 46.5 Å². The van der Waals surface area contributed by atoms with Crippen LogP contribution in [0.1, 0.15) is 32.8 Å². The number of halogens is 2. The molecule has 0 bridgehead atoms. The topological polar surface area (TPSA) is 23.8 Å². The number of benzene rings is 1. The zero-order chi connectivity index (χ0) is 15.2. The van der Waals surface area contributed by atoms with E-state index < -0.39 is 8.07 Å². The van der Waals surface area contributed by atoms with Gasteiger partial charge in [-0.15, -0.1) is 6.54 Å². The number of hydrogen-bond donors (Lipinski definition) is 0. The minimum absolute atomic E-state index is 0. The second-order valence-electron chi connectivity index (χ2n) is 6.86. The minimum atomic E-state index is -1.17. The van der Waals surface area contributed by atoms with Crippen LogP contribution in [0.3, 0.4) is 0 Å². The average molecular weight is 405 g/mol. The van der Waals surface area contributed by atoms with Crippen molar-refractivity contribution in [2.45, 2.75) is 51.9 Å². The zero-order valence-electron chi connectivity index (χ0n) is 14.8. The van der Waals surface area contributed by atoms with Gasteiger partial charge in [0.15, 0.2) is 0 Å². The van der Waals surface area contributed by atoms with Crippen LogP contribution in [0, 0.1) is 0 Å². The van der Waals surface area contributed by atoms with E-state index in [4.69, 9.17) is 5.73 Å². The van der Waals surface area contributed by atoms with Crippen molar-refractivity contribution in [1.29, 1.82) is 0 Å². The minimum Gasteiger partial charge on any atom is -1.00 e. The molecule has 1 aliphatic carbocycles. The van der Waals surface area contributed by atoms with Crippen LogP contribution in [0.15, 0.2) is 53.8 Å². The third kappa shape index (κ3) is 8.72. The van der Waals surface area contributed by atoms with Crippen LogP contribution in [0.25, 0.3) is 5.73 Å². The van der Waals surface area contributed by atoms with Crippen molar-refractivity contribution in [2.75, 3.05) is 0 Å². The van der Waals surface area contributed by atoms with Crippen molar-refractivity contribution in [2.24, 2.45) is 0 Å². The summed E-state index contributed by atoms with van der Waals surface area (Å²) in [6, 6.07) is 9.76. The standard InChI is InChI=1S/C11H20Si.C7H8N.2ClH.Ti/c1-11(2,3)12(4,5)10-8-6-7-9-10;8-6-7-4-2-1-3-5-7;;;/h6-8H,9H2,1-5H3;1-5,8H,6H2;2*1H;/q;-1;;;+3/p-2. The molecular formula is C18H28Cl2NSiTi. The summed E-state index contributed by atoms with van der Waals surface area (Å²) in [6.45, 7) is 12.5. The van der Waals surface area contributed by atoms with Crippen LogP contribution < -0.4 is 24.8 Å². The van der Waals surface area contributed by atoms with E-state index in [1.54, 1.807) is 5.20 Å². The Morgan fingerprint density at radius 1 is 1.04 bits per heavy atom. The van der Waals surface area contributed by atoms with Gasteiger partial charge in [-0.2, -0.15) is 0 Å². The van der Waals surface area contributed by atoms with Crippen LogP contribution in [-0.2, 0) is 28.3 Å². The molecule has 1 aromatic carbocycles. The average Bonchev–Trinajstić information content (AvgIpc) is 2.93. The molecule has 0 atom stereocenters. The first kappa shape index (κ1) is 28.0. The molecule has 127 valence electrons. The molecule has 0 aromatic heterocycles. The van der Waals surface area contributed by atoms with E-state index in [2.05, 4.69) is 52.1 Å². The van der Waals surface area contributed by atoms with Gasteiger partial charge in [-0.25, -0.2) is 0 Å². The molecule has 2 rings (SSSR count). The number of rotatable bonds is 2.